The van der Waals surface area contributed by atoms with Crippen LogP contribution >= 0.6 is 11.6 Å². The lowest BCUT2D eigenvalue weighted by Crippen LogP contribution is -2.03. The molecule has 0 aliphatic heterocycles. The topological polar surface area (TPSA) is 30.7 Å². The van der Waals surface area contributed by atoms with E-state index in [2.05, 4.69) is 10.2 Å². The molecule has 2 aromatic rings. The molecule has 1 fully saturated rings. The summed E-state index contributed by atoms with van der Waals surface area (Å²) < 4.78 is 15.5. The van der Waals surface area contributed by atoms with Gasteiger partial charge >= 0.3 is 0 Å². The van der Waals surface area contributed by atoms with Crippen LogP contribution in [0.4, 0.5) is 4.39 Å². The molecule has 0 unspecified atom stereocenters. The van der Waals surface area contributed by atoms with Crippen molar-refractivity contribution < 1.29 is 4.39 Å². The summed E-state index contributed by atoms with van der Waals surface area (Å²) in [6, 6.07) is 4.93. The average Bonchev–Trinajstić information content (AvgIpc) is 3.07. The third-order valence-corrected chi connectivity index (χ3v) is 3.18. The number of aryl methyl sites for hydroxylation is 1. The van der Waals surface area contributed by atoms with Crippen LogP contribution < -0.4 is 0 Å². The Morgan fingerprint density at radius 3 is 2.82 bits per heavy atom. The van der Waals surface area contributed by atoms with Crippen molar-refractivity contribution in [2.75, 3.05) is 0 Å². The Balaban J connectivity index is 2.19. The van der Waals surface area contributed by atoms with Gasteiger partial charge in [-0.15, -0.1) is 10.2 Å². The van der Waals surface area contributed by atoms with Gasteiger partial charge in [-0.3, -0.25) is 4.57 Å². The number of halogens is 2. The number of aromatic nitrogens is 3. The predicted molar refractivity (Wildman–Crippen MR) is 63.0 cm³/mol. The van der Waals surface area contributed by atoms with Gasteiger partial charge in [0.25, 0.3) is 0 Å². The third kappa shape index (κ3) is 1.82. The van der Waals surface area contributed by atoms with Crippen LogP contribution in [0.5, 0.6) is 0 Å². The number of hydrogen-bond donors (Lipinski definition) is 0. The van der Waals surface area contributed by atoms with E-state index in [-0.39, 0.29) is 11.1 Å². The van der Waals surface area contributed by atoms with E-state index in [1.165, 1.54) is 6.07 Å². The van der Waals surface area contributed by atoms with Crippen LogP contribution in [0.3, 0.4) is 0 Å². The smallest absolute Gasteiger partial charge is 0.229 e. The summed E-state index contributed by atoms with van der Waals surface area (Å²) in [5, 5.41) is 8.09. The second-order valence-corrected chi connectivity index (χ2v) is 4.73. The number of rotatable bonds is 2. The van der Waals surface area contributed by atoms with Gasteiger partial charge in [-0.1, -0.05) is 6.07 Å². The zero-order valence-electron chi connectivity index (χ0n) is 9.32. The van der Waals surface area contributed by atoms with Crippen LogP contribution in [0.15, 0.2) is 18.2 Å². The maximum absolute atomic E-state index is 13.8. The standard InChI is InChI=1S/C12H11ClFN3/c1-7-2-5-9(14)10(6-7)17-11(8-3-4-8)15-16-12(17)13/h2,5-6,8H,3-4H2,1H3. The van der Waals surface area contributed by atoms with E-state index >= 15 is 0 Å². The van der Waals surface area contributed by atoms with Gasteiger partial charge in [0.15, 0.2) is 0 Å². The molecule has 0 N–H and O–H groups in total. The van der Waals surface area contributed by atoms with Gasteiger partial charge in [-0.05, 0) is 49.1 Å². The normalized spacial score (nSPS) is 15.2. The average molecular weight is 252 g/mol. The first-order valence-corrected chi connectivity index (χ1v) is 5.92. The van der Waals surface area contributed by atoms with Gasteiger partial charge in [0.1, 0.15) is 11.6 Å². The van der Waals surface area contributed by atoms with Crippen LogP contribution in [0.1, 0.15) is 30.1 Å². The Morgan fingerprint density at radius 2 is 2.12 bits per heavy atom. The van der Waals surface area contributed by atoms with Crippen LogP contribution in [0.25, 0.3) is 5.69 Å². The van der Waals surface area contributed by atoms with E-state index in [0.29, 0.717) is 11.6 Å². The summed E-state index contributed by atoms with van der Waals surface area (Å²) in [5.74, 6) is 0.827. The molecular weight excluding hydrogens is 241 g/mol. The molecule has 1 heterocycles. The quantitative estimate of drug-likeness (QED) is 0.820. The molecule has 0 bridgehead atoms. The van der Waals surface area contributed by atoms with Crippen molar-refractivity contribution >= 4 is 11.6 Å². The molecule has 17 heavy (non-hydrogen) atoms. The molecule has 0 amide bonds. The molecule has 3 rings (SSSR count). The Hall–Kier alpha value is -1.42. The Bertz CT molecular complexity index is 575. The second kappa shape index (κ2) is 3.81. The lowest BCUT2D eigenvalue weighted by molar-refractivity contribution is 0.614. The molecule has 0 radical (unpaired) electrons. The summed E-state index contributed by atoms with van der Waals surface area (Å²) in [5.41, 5.74) is 1.41. The van der Waals surface area contributed by atoms with Crippen molar-refractivity contribution in [3.63, 3.8) is 0 Å². The van der Waals surface area contributed by atoms with Gasteiger partial charge in [0.05, 0.1) is 5.69 Å². The third-order valence-electron chi connectivity index (χ3n) is 2.93. The van der Waals surface area contributed by atoms with Crippen molar-refractivity contribution in [2.45, 2.75) is 25.7 Å². The first-order chi connectivity index (χ1) is 8.16. The molecule has 88 valence electrons. The zero-order valence-corrected chi connectivity index (χ0v) is 10.1. The van der Waals surface area contributed by atoms with Crippen LogP contribution in [-0.4, -0.2) is 14.8 Å². The zero-order chi connectivity index (χ0) is 12.0. The highest BCUT2D eigenvalue weighted by Crippen LogP contribution is 2.40. The Labute approximate surface area is 103 Å². The summed E-state index contributed by atoms with van der Waals surface area (Å²) in [4.78, 5) is 0. The Morgan fingerprint density at radius 1 is 1.35 bits per heavy atom. The first kappa shape index (κ1) is 10.7. The fourth-order valence-electron chi connectivity index (χ4n) is 1.90. The van der Waals surface area contributed by atoms with E-state index in [1.807, 2.05) is 6.92 Å². The highest BCUT2D eigenvalue weighted by Gasteiger charge is 2.31. The maximum Gasteiger partial charge on any atom is 0.229 e. The summed E-state index contributed by atoms with van der Waals surface area (Å²) in [7, 11) is 0. The van der Waals surface area contributed by atoms with Crippen molar-refractivity contribution in [2.24, 2.45) is 0 Å². The fourth-order valence-corrected chi connectivity index (χ4v) is 2.11. The monoisotopic (exact) mass is 251 g/mol. The lowest BCUT2D eigenvalue weighted by atomic mass is 10.2. The molecule has 0 saturated heterocycles. The molecule has 0 spiro atoms. The molecule has 1 aliphatic rings. The molecule has 1 aromatic carbocycles. The van der Waals surface area contributed by atoms with Crippen molar-refractivity contribution in [1.82, 2.24) is 14.8 Å². The van der Waals surface area contributed by atoms with Gasteiger partial charge in [0.2, 0.25) is 5.28 Å². The van der Waals surface area contributed by atoms with Crippen LogP contribution in [-0.2, 0) is 0 Å². The van der Waals surface area contributed by atoms with Gasteiger partial charge in [-0.25, -0.2) is 4.39 Å². The fraction of sp³-hybridized carbons (Fsp3) is 0.333. The van der Waals surface area contributed by atoms with Crippen molar-refractivity contribution in [3.05, 3.63) is 40.7 Å². The van der Waals surface area contributed by atoms with Gasteiger partial charge in [-0.2, -0.15) is 0 Å². The van der Waals surface area contributed by atoms with Crippen molar-refractivity contribution in [3.8, 4) is 5.69 Å². The van der Waals surface area contributed by atoms with E-state index in [9.17, 15) is 4.39 Å². The number of hydrogen-bond acceptors (Lipinski definition) is 2. The molecule has 0 atom stereocenters. The van der Waals surface area contributed by atoms with E-state index in [1.54, 1.807) is 16.7 Å². The number of nitrogens with zero attached hydrogens (tertiary/aromatic N) is 3. The first-order valence-electron chi connectivity index (χ1n) is 5.54. The second-order valence-electron chi connectivity index (χ2n) is 4.39. The van der Waals surface area contributed by atoms with Gasteiger partial charge < -0.3 is 0 Å². The lowest BCUT2D eigenvalue weighted by Gasteiger charge is -2.09. The minimum atomic E-state index is -0.306. The molecule has 1 aromatic heterocycles. The van der Waals surface area contributed by atoms with E-state index in [4.69, 9.17) is 11.6 Å². The molecule has 3 nitrogen and oxygen atoms in total. The highest BCUT2D eigenvalue weighted by molar-refractivity contribution is 6.28. The molecular formula is C12H11ClFN3. The summed E-state index contributed by atoms with van der Waals surface area (Å²) >= 11 is 6.00. The van der Waals surface area contributed by atoms with Crippen LogP contribution in [0, 0.1) is 12.7 Å². The molecule has 5 heteroatoms. The SMILES string of the molecule is Cc1ccc(F)c(-n2c(Cl)nnc2C2CC2)c1. The van der Waals surface area contributed by atoms with Crippen molar-refractivity contribution in [1.29, 1.82) is 0 Å². The van der Waals surface area contributed by atoms with Crippen LogP contribution in [0.2, 0.25) is 5.28 Å². The van der Waals surface area contributed by atoms with Gasteiger partial charge in [0, 0.05) is 5.92 Å². The van der Waals surface area contributed by atoms with E-state index < -0.39 is 0 Å². The minimum Gasteiger partial charge on any atom is -0.267 e. The largest absolute Gasteiger partial charge is 0.267 e. The molecule has 1 saturated carbocycles. The predicted octanol–water partition coefficient (Wildman–Crippen LogP) is 3.25. The number of benzene rings is 1. The summed E-state index contributed by atoms with van der Waals surface area (Å²) in [6.07, 6.45) is 2.14. The highest BCUT2D eigenvalue weighted by atomic mass is 35.5. The summed E-state index contributed by atoms with van der Waals surface area (Å²) in [6.45, 7) is 1.91. The molecule has 1 aliphatic carbocycles. The van der Waals surface area contributed by atoms with E-state index in [0.717, 1.165) is 24.2 Å². The minimum absolute atomic E-state index is 0.219. The maximum atomic E-state index is 13.8. The Kier molecular flexibility index (Phi) is 2.40.